The number of hydrogen-bond donors (Lipinski definition) is 8. The molecule has 42 heavy (non-hydrogen) atoms. The van der Waals surface area contributed by atoms with E-state index in [4.69, 9.17) is 0 Å². The van der Waals surface area contributed by atoms with Gasteiger partial charge in [0.2, 0.25) is 0 Å². The fraction of sp³-hybridized carbons (Fsp3) is 1.00. The third-order valence-corrected chi connectivity index (χ3v) is 13.8. The van der Waals surface area contributed by atoms with Gasteiger partial charge in [0.25, 0.3) is 0 Å². The Bertz CT molecular complexity index is 735. The van der Waals surface area contributed by atoms with Crippen LogP contribution in [0.25, 0.3) is 0 Å². The standard InChI is InChI=1S/C32H56N8.Ca.ClH.2H/c1-2-10-18-17(9-1)25-33-26(18)38-28-21-13-5-6-14-22(21)30(35-28)40-32-24-16-8-7-15-23(24)31(36-32)39-29-20-12-4-3-11-19(20)27(34-29)37-25;;;;/h17-40H,1-16H2;;1H;;/q;+2;;2*-1. The van der Waals surface area contributed by atoms with Crippen LogP contribution in [0.15, 0.2) is 0 Å². The van der Waals surface area contributed by atoms with Crippen molar-refractivity contribution in [2.24, 2.45) is 47.3 Å². The first-order valence-corrected chi connectivity index (χ1v) is 17.9. The molecule has 0 radical (unpaired) electrons. The molecular weight excluding hydrogens is 572 g/mol. The molecule has 4 saturated carbocycles. The van der Waals surface area contributed by atoms with E-state index in [2.05, 4.69) is 42.5 Å². The number of fused-ring (bicyclic) bond motifs is 20. The maximum Gasteiger partial charge on any atom is 2.00 e. The van der Waals surface area contributed by atoms with Gasteiger partial charge in [0.05, 0.1) is 49.3 Å². The average molecular weight is 631 g/mol. The second-order valence-electron chi connectivity index (χ2n) is 15.6. The number of hydrogen-bond acceptors (Lipinski definition) is 8. The van der Waals surface area contributed by atoms with E-state index in [1.807, 2.05) is 0 Å². The SMILES string of the molecule is C1CCC2C3NC(NC4NC(NC5NC(NC6NC(N3)C3CCCCC63)C3CCCCC53)C3CCCCC43)C2C1.Cl.[Ca+2].[H-].[H-]. The molecule has 8 atom stereocenters. The Labute approximate surface area is 293 Å². The summed E-state index contributed by atoms with van der Waals surface area (Å²) in [5, 5.41) is 33.8. The van der Waals surface area contributed by atoms with E-state index in [9.17, 15) is 0 Å². The first-order valence-electron chi connectivity index (χ1n) is 17.9. The smallest absolute Gasteiger partial charge is 1.00 e. The van der Waals surface area contributed by atoms with Gasteiger partial charge in [-0.2, -0.15) is 0 Å². The van der Waals surface area contributed by atoms with Crippen molar-refractivity contribution in [3.05, 3.63) is 0 Å². The molecule has 9 aliphatic rings. The van der Waals surface area contributed by atoms with Gasteiger partial charge in [-0.3, -0.25) is 42.5 Å². The molecule has 0 aromatic carbocycles. The summed E-state index contributed by atoms with van der Waals surface area (Å²) in [6.45, 7) is 0. The fourth-order valence-electron chi connectivity index (χ4n) is 12.0. The van der Waals surface area contributed by atoms with E-state index in [0.29, 0.717) is 49.3 Å². The van der Waals surface area contributed by atoms with Gasteiger partial charge >= 0.3 is 37.7 Å². The van der Waals surface area contributed by atoms with Crippen LogP contribution in [0, 0.1) is 47.3 Å². The Morgan fingerprint density at radius 1 is 0.262 bits per heavy atom. The van der Waals surface area contributed by atoms with Crippen LogP contribution in [0.4, 0.5) is 0 Å². The minimum absolute atomic E-state index is 0. The maximum atomic E-state index is 4.26. The molecule has 0 aromatic rings. The van der Waals surface area contributed by atoms with E-state index in [0.717, 1.165) is 47.3 Å². The van der Waals surface area contributed by atoms with Crippen molar-refractivity contribution in [3.8, 4) is 0 Å². The van der Waals surface area contributed by atoms with E-state index in [-0.39, 0.29) is 53.0 Å². The molecule has 8 bridgehead atoms. The first kappa shape index (κ1) is 31.8. The predicted octanol–water partition coefficient (Wildman–Crippen LogP) is 2.87. The van der Waals surface area contributed by atoms with Crippen LogP contribution in [0.2, 0.25) is 0 Å². The van der Waals surface area contributed by atoms with Gasteiger partial charge in [-0.1, -0.05) is 51.4 Å². The molecule has 0 amide bonds. The Kier molecular flexibility index (Phi) is 10.1. The van der Waals surface area contributed by atoms with Gasteiger partial charge in [-0.15, -0.1) is 12.4 Å². The third kappa shape index (κ3) is 5.59. The van der Waals surface area contributed by atoms with Gasteiger partial charge < -0.3 is 2.85 Å². The summed E-state index contributed by atoms with van der Waals surface area (Å²) in [5.74, 6) is 5.97. The summed E-state index contributed by atoms with van der Waals surface area (Å²) in [4.78, 5) is 0. The van der Waals surface area contributed by atoms with Crippen molar-refractivity contribution >= 4 is 50.1 Å². The van der Waals surface area contributed by atoms with Gasteiger partial charge in [0.1, 0.15) is 0 Å². The molecule has 5 aliphatic heterocycles. The zero-order chi connectivity index (χ0) is 26.2. The van der Waals surface area contributed by atoms with Crippen LogP contribution in [-0.4, -0.2) is 87.1 Å². The van der Waals surface area contributed by atoms with Gasteiger partial charge in [0, 0.05) is 0 Å². The molecule has 8 N–H and O–H groups in total. The van der Waals surface area contributed by atoms with Crippen molar-refractivity contribution < 1.29 is 2.85 Å². The molecule has 10 heteroatoms. The van der Waals surface area contributed by atoms with Gasteiger partial charge in [-0.25, -0.2) is 0 Å². The van der Waals surface area contributed by atoms with Crippen molar-refractivity contribution in [2.45, 2.75) is 152 Å². The van der Waals surface area contributed by atoms with Gasteiger partial charge in [-0.05, 0) is 98.7 Å². The van der Waals surface area contributed by atoms with Crippen LogP contribution >= 0.6 is 12.4 Å². The van der Waals surface area contributed by atoms with E-state index < -0.39 is 0 Å². The summed E-state index contributed by atoms with van der Waals surface area (Å²) < 4.78 is 0. The molecule has 4 aliphatic carbocycles. The van der Waals surface area contributed by atoms with Crippen molar-refractivity contribution in [3.63, 3.8) is 0 Å². The second kappa shape index (κ2) is 13.4. The third-order valence-electron chi connectivity index (χ3n) is 13.8. The first-order chi connectivity index (χ1) is 19.8. The van der Waals surface area contributed by atoms with Gasteiger partial charge in [0.15, 0.2) is 0 Å². The Morgan fingerprint density at radius 3 is 0.500 bits per heavy atom. The number of halogens is 1. The summed E-state index contributed by atoms with van der Waals surface area (Å²) in [6, 6.07) is 0. The Hall–Kier alpha value is 1.23. The average Bonchev–Trinajstić information content (AvgIpc) is 3.73. The molecule has 8 nitrogen and oxygen atoms in total. The summed E-state index contributed by atoms with van der Waals surface area (Å²) >= 11 is 0. The topological polar surface area (TPSA) is 96.2 Å². The molecule has 9 rings (SSSR count). The Morgan fingerprint density at radius 2 is 0.381 bits per heavy atom. The zero-order valence-corrected chi connectivity index (χ0v) is 28.7. The molecule has 236 valence electrons. The largest absolute Gasteiger partial charge is 2.00 e. The minimum Gasteiger partial charge on any atom is -1.00 e. The quantitative estimate of drug-likeness (QED) is 0.194. The van der Waals surface area contributed by atoms with E-state index >= 15 is 0 Å². The fourth-order valence-corrected chi connectivity index (χ4v) is 12.0. The van der Waals surface area contributed by atoms with Crippen molar-refractivity contribution in [1.82, 2.24) is 42.5 Å². The maximum absolute atomic E-state index is 4.26. The minimum atomic E-state index is 0. The van der Waals surface area contributed by atoms with E-state index in [1.54, 1.807) is 0 Å². The summed E-state index contributed by atoms with van der Waals surface area (Å²) in [5.41, 5.74) is 0. The molecule has 8 unspecified atom stereocenters. The number of rotatable bonds is 0. The van der Waals surface area contributed by atoms with Crippen LogP contribution < -0.4 is 42.5 Å². The van der Waals surface area contributed by atoms with Crippen LogP contribution in [0.5, 0.6) is 0 Å². The molecule has 0 spiro atoms. The second-order valence-corrected chi connectivity index (χ2v) is 15.6. The van der Waals surface area contributed by atoms with Crippen LogP contribution in [0.1, 0.15) is 106 Å². The molecule has 9 fully saturated rings. The molecule has 5 heterocycles. The van der Waals surface area contributed by atoms with Crippen molar-refractivity contribution in [1.29, 1.82) is 0 Å². The Balaban J connectivity index is 0.000000960. The molecule has 0 aromatic heterocycles. The van der Waals surface area contributed by atoms with E-state index in [1.165, 1.54) is 103 Å². The monoisotopic (exact) mass is 630 g/mol. The number of nitrogens with one attached hydrogen (secondary N) is 8. The molecule has 5 saturated heterocycles. The summed E-state index contributed by atoms with van der Waals surface area (Å²) in [6.07, 6.45) is 25.6. The predicted molar refractivity (Wildman–Crippen MR) is 172 cm³/mol. The van der Waals surface area contributed by atoms with Crippen LogP contribution in [0.3, 0.4) is 0 Å². The zero-order valence-electron chi connectivity index (χ0n) is 27.7. The molecular formula is C32H59CaClN8. The van der Waals surface area contributed by atoms with Crippen molar-refractivity contribution in [2.75, 3.05) is 0 Å². The van der Waals surface area contributed by atoms with Crippen LogP contribution in [-0.2, 0) is 0 Å². The summed E-state index contributed by atoms with van der Waals surface area (Å²) in [7, 11) is 0. The normalized spacial score (nSPS) is 54.9.